The maximum Gasteiger partial charge on any atom is 0.417 e. The van der Waals surface area contributed by atoms with Gasteiger partial charge in [0.15, 0.2) is 0 Å². The number of aryl methyl sites for hydroxylation is 1. The van der Waals surface area contributed by atoms with Gasteiger partial charge in [-0.05, 0) is 62.4 Å². The fraction of sp³-hybridized carbons (Fsp3) is 0.320. The van der Waals surface area contributed by atoms with E-state index in [1.807, 2.05) is 0 Å². The predicted octanol–water partition coefficient (Wildman–Crippen LogP) is 5.94. The van der Waals surface area contributed by atoms with E-state index in [0.717, 1.165) is 10.7 Å². The molecule has 0 radical (unpaired) electrons. The van der Waals surface area contributed by atoms with Crippen LogP contribution in [0.3, 0.4) is 0 Å². The molecule has 3 aromatic rings. The molecule has 0 saturated heterocycles. The van der Waals surface area contributed by atoms with Crippen molar-refractivity contribution in [2.24, 2.45) is 5.92 Å². The number of esters is 1. The van der Waals surface area contributed by atoms with Crippen LogP contribution in [-0.4, -0.2) is 28.3 Å². The van der Waals surface area contributed by atoms with Crippen molar-refractivity contribution in [3.63, 3.8) is 0 Å². The van der Waals surface area contributed by atoms with Crippen LogP contribution in [0.2, 0.25) is 0 Å². The Balaban J connectivity index is 1.82. The van der Waals surface area contributed by atoms with E-state index in [1.54, 1.807) is 13.0 Å². The van der Waals surface area contributed by atoms with Crippen molar-refractivity contribution < 1.29 is 31.9 Å². The lowest BCUT2D eigenvalue weighted by Crippen LogP contribution is -2.21. The molecule has 0 saturated carbocycles. The molecule has 0 amide bonds. The van der Waals surface area contributed by atoms with Gasteiger partial charge in [-0.1, -0.05) is 24.3 Å². The van der Waals surface area contributed by atoms with Gasteiger partial charge in [0.1, 0.15) is 5.82 Å². The fourth-order valence-electron chi connectivity index (χ4n) is 4.32. The molecule has 34 heavy (non-hydrogen) atoms. The summed E-state index contributed by atoms with van der Waals surface area (Å²) in [6.07, 6.45) is -1.79. The SMILES string of the molecule is CCOC(=O)C1CC=C(c2nn(C(=O)c3c(C)cccc3C(F)(F)F)c3cccc(F)c23)CC1. The number of rotatable bonds is 4. The van der Waals surface area contributed by atoms with Crippen molar-refractivity contribution in [3.05, 3.63) is 70.7 Å². The standard InChI is InChI=1S/C25H22F4N2O3/c1-3-34-24(33)16-12-10-15(11-13-16)22-21-18(26)8-5-9-19(21)31(30-22)23(32)20-14(2)6-4-7-17(20)25(27,28)29/h4-10,16H,3,11-13H2,1-2H3. The van der Waals surface area contributed by atoms with E-state index in [4.69, 9.17) is 4.74 Å². The van der Waals surface area contributed by atoms with E-state index < -0.39 is 29.0 Å². The van der Waals surface area contributed by atoms with Crippen molar-refractivity contribution in [2.75, 3.05) is 6.61 Å². The highest BCUT2D eigenvalue weighted by Gasteiger charge is 2.37. The van der Waals surface area contributed by atoms with Crippen molar-refractivity contribution in [2.45, 2.75) is 39.3 Å². The normalized spacial score (nSPS) is 16.4. The quantitative estimate of drug-likeness (QED) is 0.347. The first-order valence-electron chi connectivity index (χ1n) is 10.9. The summed E-state index contributed by atoms with van der Waals surface area (Å²) in [5.41, 5.74) is -0.585. The average molecular weight is 474 g/mol. The van der Waals surface area contributed by atoms with E-state index in [-0.39, 0.29) is 40.7 Å². The maximum atomic E-state index is 14.9. The van der Waals surface area contributed by atoms with Crippen LogP contribution in [0.5, 0.6) is 0 Å². The number of carbonyl (C=O) groups excluding carboxylic acids is 2. The minimum absolute atomic E-state index is 0.0545. The number of allylic oxidation sites excluding steroid dienone is 2. The van der Waals surface area contributed by atoms with Gasteiger partial charge in [-0.2, -0.15) is 23.0 Å². The lowest BCUT2D eigenvalue weighted by molar-refractivity contribution is -0.148. The molecule has 2 aromatic carbocycles. The van der Waals surface area contributed by atoms with Crippen molar-refractivity contribution >= 4 is 28.4 Å². The Morgan fingerprint density at radius 1 is 1.18 bits per heavy atom. The van der Waals surface area contributed by atoms with Crippen LogP contribution < -0.4 is 0 Å². The lowest BCUT2D eigenvalue weighted by Gasteiger charge is -2.19. The molecule has 1 unspecified atom stereocenters. The zero-order chi connectivity index (χ0) is 24.6. The molecule has 1 aliphatic rings. The molecule has 1 aliphatic carbocycles. The third kappa shape index (κ3) is 4.22. The summed E-state index contributed by atoms with van der Waals surface area (Å²) in [7, 11) is 0. The van der Waals surface area contributed by atoms with Gasteiger partial charge in [0, 0.05) is 0 Å². The minimum Gasteiger partial charge on any atom is -0.466 e. The van der Waals surface area contributed by atoms with Gasteiger partial charge in [-0.15, -0.1) is 0 Å². The smallest absolute Gasteiger partial charge is 0.417 e. The molecule has 0 fully saturated rings. The van der Waals surface area contributed by atoms with Gasteiger partial charge in [0.2, 0.25) is 0 Å². The molecule has 5 nitrogen and oxygen atoms in total. The lowest BCUT2D eigenvalue weighted by atomic mass is 9.87. The summed E-state index contributed by atoms with van der Waals surface area (Å²) in [6.45, 7) is 3.40. The first-order chi connectivity index (χ1) is 16.1. The number of hydrogen-bond acceptors (Lipinski definition) is 4. The molecule has 4 rings (SSSR count). The van der Waals surface area contributed by atoms with Crippen LogP contribution in [0.4, 0.5) is 17.6 Å². The van der Waals surface area contributed by atoms with E-state index >= 15 is 0 Å². The topological polar surface area (TPSA) is 61.2 Å². The number of alkyl halides is 3. The minimum atomic E-state index is -4.75. The van der Waals surface area contributed by atoms with E-state index in [9.17, 15) is 27.2 Å². The summed E-state index contributed by atoms with van der Waals surface area (Å²) in [5.74, 6) is -2.27. The molecule has 9 heteroatoms. The van der Waals surface area contributed by atoms with Crippen molar-refractivity contribution in [1.29, 1.82) is 0 Å². The number of halogens is 4. The van der Waals surface area contributed by atoms with Crippen molar-refractivity contribution in [1.82, 2.24) is 9.78 Å². The number of hydrogen-bond donors (Lipinski definition) is 0. The Labute approximate surface area is 193 Å². The summed E-state index contributed by atoms with van der Waals surface area (Å²) in [6, 6.07) is 7.52. The monoisotopic (exact) mass is 474 g/mol. The Hall–Kier alpha value is -3.49. The Morgan fingerprint density at radius 3 is 2.56 bits per heavy atom. The first kappa shape index (κ1) is 23.7. The van der Waals surface area contributed by atoms with Crippen LogP contribution in [-0.2, 0) is 15.7 Å². The summed E-state index contributed by atoms with van der Waals surface area (Å²) in [4.78, 5) is 25.4. The second kappa shape index (κ2) is 9.04. The van der Waals surface area contributed by atoms with Crippen LogP contribution in [0.1, 0.15) is 53.4 Å². The molecule has 0 spiro atoms. The Kier molecular flexibility index (Phi) is 6.29. The summed E-state index contributed by atoms with van der Waals surface area (Å²) in [5, 5.41) is 4.35. The largest absolute Gasteiger partial charge is 0.466 e. The van der Waals surface area contributed by atoms with Gasteiger partial charge in [0.05, 0.1) is 40.2 Å². The van der Waals surface area contributed by atoms with Crippen LogP contribution >= 0.6 is 0 Å². The van der Waals surface area contributed by atoms with E-state index in [1.165, 1.54) is 37.3 Å². The molecule has 1 heterocycles. The molecular formula is C25H22F4N2O3. The molecular weight excluding hydrogens is 452 g/mol. The molecule has 178 valence electrons. The van der Waals surface area contributed by atoms with Crippen LogP contribution in [0.25, 0.3) is 16.5 Å². The van der Waals surface area contributed by atoms with Crippen molar-refractivity contribution in [3.8, 4) is 0 Å². The van der Waals surface area contributed by atoms with Crippen LogP contribution in [0.15, 0.2) is 42.5 Å². The Morgan fingerprint density at radius 2 is 1.91 bits per heavy atom. The number of ether oxygens (including phenoxy) is 1. The zero-order valence-corrected chi connectivity index (χ0v) is 18.6. The number of carbonyl (C=O) groups is 2. The van der Waals surface area contributed by atoms with Gasteiger partial charge in [-0.3, -0.25) is 9.59 Å². The number of fused-ring (bicyclic) bond motifs is 1. The number of benzene rings is 2. The number of nitrogens with zero attached hydrogens (tertiary/aromatic N) is 2. The van der Waals surface area contributed by atoms with Gasteiger partial charge >= 0.3 is 12.1 Å². The summed E-state index contributed by atoms with van der Waals surface area (Å²) >= 11 is 0. The highest BCUT2D eigenvalue weighted by atomic mass is 19.4. The molecule has 0 bridgehead atoms. The maximum absolute atomic E-state index is 14.9. The third-order valence-corrected chi connectivity index (χ3v) is 5.98. The molecule has 0 N–H and O–H groups in total. The molecule has 1 atom stereocenters. The van der Waals surface area contributed by atoms with E-state index in [0.29, 0.717) is 24.8 Å². The van der Waals surface area contributed by atoms with E-state index in [2.05, 4.69) is 5.10 Å². The second-order valence-electron chi connectivity index (χ2n) is 8.15. The van der Waals surface area contributed by atoms with Crippen LogP contribution in [0, 0.1) is 18.7 Å². The Bertz CT molecular complexity index is 1310. The molecule has 0 aliphatic heterocycles. The predicted molar refractivity (Wildman–Crippen MR) is 118 cm³/mol. The average Bonchev–Trinajstić information content (AvgIpc) is 3.19. The van der Waals surface area contributed by atoms with Gasteiger partial charge < -0.3 is 4.74 Å². The summed E-state index contributed by atoms with van der Waals surface area (Å²) < 4.78 is 61.7. The third-order valence-electron chi connectivity index (χ3n) is 5.98. The highest BCUT2D eigenvalue weighted by Crippen LogP contribution is 2.37. The number of aromatic nitrogens is 2. The molecule has 1 aromatic heterocycles. The zero-order valence-electron chi connectivity index (χ0n) is 18.6. The van der Waals surface area contributed by atoms with Gasteiger partial charge in [0.25, 0.3) is 5.91 Å². The highest BCUT2D eigenvalue weighted by molar-refractivity contribution is 6.05. The van der Waals surface area contributed by atoms with Gasteiger partial charge in [-0.25, -0.2) is 4.39 Å². The second-order valence-corrected chi connectivity index (χ2v) is 8.15. The first-order valence-corrected chi connectivity index (χ1v) is 10.9. The fourth-order valence-corrected chi connectivity index (χ4v) is 4.32.